The number of benzene rings is 2. The summed E-state index contributed by atoms with van der Waals surface area (Å²) in [5.74, 6) is -1.65. The lowest BCUT2D eigenvalue weighted by molar-refractivity contribution is -0.116. The number of hydrogen-bond donors (Lipinski definition) is 3. The highest BCUT2D eigenvalue weighted by molar-refractivity contribution is 5.91. The van der Waals surface area contributed by atoms with Gasteiger partial charge in [-0.25, -0.2) is 9.18 Å². The van der Waals surface area contributed by atoms with Crippen molar-refractivity contribution < 1.29 is 23.8 Å². The van der Waals surface area contributed by atoms with E-state index in [1.165, 1.54) is 18.2 Å². The van der Waals surface area contributed by atoms with Gasteiger partial charge in [-0.05, 0) is 55.2 Å². The summed E-state index contributed by atoms with van der Waals surface area (Å²) in [5, 5.41) is 14.6. The van der Waals surface area contributed by atoms with Crippen LogP contribution in [0.15, 0.2) is 42.5 Å². The molecule has 1 fully saturated rings. The first-order valence-electron chi connectivity index (χ1n) is 9.28. The van der Waals surface area contributed by atoms with Gasteiger partial charge in [-0.1, -0.05) is 12.1 Å². The number of carboxylic acid groups (broad SMARTS) is 1. The summed E-state index contributed by atoms with van der Waals surface area (Å²) >= 11 is 0. The molecule has 0 bridgehead atoms. The number of halogens is 1. The zero-order chi connectivity index (χ0) is 19.9. The van der Waals surface area contributed by atoms with Crippen LogP contribution in [-0.4, -0.2) is 36.2 Å². The molecule has 1 aliphatic heterocycles. The molecule has 28 heavy (non-hydrogen) atoms. The minimum absolute atomic E-state index is 0.114. The maximum atomic E-state index is 14.2. The van der Waals surface area contributed by atoms with Gasteiger partial charge in [0.2, 0.25) is 5.91 Å². The molecular weight excluding hydrogens is 363 g/mol. The second kappa shape index (κ2) is 9.32. The Morgan fingerprint density at radius 3 is 2.61 bits per heavy atom. The highest BCUT2D eigenvalue weighted by atomic mass is 19.1. The van der Waals surface area contributed by atoms with Crippen molar-refractivity contribution >= 4 is 23.3 Å². The van der Waals surface area contributed by atoms with E-state index in [2.05, 4.69) is 10.6 Å². The maximum absolute atomic E-state index is 14.2. The zero-order valence-electron chi connectivity index (χ0n) is 15.4. The van der Waals surface area contributed by atoms with E-state index in [4.69, 9.17) is 9.84 Å². The van der Waals surface area contributed by atoms with Gasteiger partial charge in [0.25, 0.3) is 0 Å². The summed E-state index contributed by atoms with van der Waals surface area (Å²) < 4.78 is 19.7. The van der Waals surface area contributed by atoms with E-state index in [1.807, 2.05) is 0 Å². The lowest BCUT2D eigenvalue weighted by Crippen LogP contribution is -2.19. The fourth-order valence-corrected chi connectivity index (χ4v) is 3.06. The van der Waals surface area contributed by atoms with E-state index in [0.29, 0.717) is 24.3 Å². The number of ether oxygens (including phenoxy) is 1. The van der Waals surface area contributed by atoms with Crippen LogP contribution in [0, 0.1) is 5.82 Å². The summed E-state index contributed by atoms with van der Waals surface area (Å²) in [5.41, 5.74) is 1.84. The van der Waals surface area contributed by atoms with Crippen molar-refractivity contribution in [3.8, 4) is 0 Å². The predicted molar refractivity (Wildman–Crippen MR) is 104 cm³/mol. The molecule has 2 aromatic carbocycles. The topological polar surface area (TPSA) is 87.7 Å². The Balaban J connectivity index is 1.47. The highest BCUT2D eigenvalue weighted by Crippen LogP contribution is 2.21. The fourth-order valence-electron chi connectivity index (χ4n) is 3.06. The molecule has 0 aliphatic carbocycles. The molecule has 1 aliphatic rings. The predicted octanol–water partition coefficient (Wildman–Crippen LogP) is 3.69. The third-order valence-corrected chi connectivity index (χ3v) is 4.64. The van der Waals surface area contributed by atoms with Crippen LogP contribution in [0.1, 0.15) is 35.2 Å². The number of aromatic carboxylic acids is 1. The molecule has 1 unspecified atom stereocenters. The Labute approximate surface area is 162 Å². The minimum Gasteiger partial charge on any atom is -0.478 e. The van der Waals surface area contributed by atoms with Crippen molar-refractivity contribution in [2.45, 2.75) is 31.8 Å². The number of carbonyl (C=O) groups excluding carboxylic acids is 1. The molecule has 7 heteroatoms. The van der Waals surface area contributed by atoms with E-state index in [-0.39, 0.29) is 24.0 Å². The average Bonchev–Trinajstić information content (AvgIpc) is 3.19. The van der Waals surface area contributed by atoms with E-state index in [1.54, 1.807) is 24.3 Å². The molecule has 1 amide bonds. The number of anilines is 2. The van der Waals surface area contributed by atoms with Crippen LogP contribution in [0.25, 0.3) is 0 Å². The Hall–Kier alpha value is -2.93. The van der Waals surface area contributed by atoms with Gasteiger partial charge in [-0.15, -0.1) is 0 Å². The number of aryl methyl sites for hydroxylation is 1. The first kappa shape index (κ1) is 19.8. The molecule has 6 nitrogen and oxygen atoms in total. The number of carbonyl (C=O) groups is 2. The summed E-state index contributed by atoms with van der Waals surface area (Å²) in [6.45, 7) is 1.31. The first-order chi connectivity index (χ1) is 13.5. The van der Waals surface area contributed by atoms with Crippen molar-refractivity contribution in [1.29, 1.82) is 0 Å². The number of amides is 1. The number of carboxylic acids is 1. The Morgan fingerprint density at radius 2 is 1.96 bits per heavy atom. The fraction of sp³-hybridized carbons (Fsp3) is 0.333. The molecule has 1 heterocycles. The van der Waals surface area contributed by atoms with Crippen molar-refractivity contribution in [3.63, 3.8) is 0 Å². The second-order valence-electron chi connectivity index (χ2n) is 6.76. The van der Waals surface area contributed by atoms with Gasteiger partial charge >= 0.3 is 5.97 Å². The monoisotopic (exact) mass is 386 g/mol. The van der Waals surface area contributed by atoms with Gasteiger partial charge in [0.05, 0.1) is 17.4 Å². The molecule has 3 rings (SSSR count). The third kappa shape index (κ3) is 5.53. The summed E-state index contributed by atoms with van der Waals surface area (Å²) in [7, 11) is 0. The van der Waals surface area contributed by atoms with Gasteiger partial charge in [-0.2, -0.15) is 0 Å². The van der Waals surface area contributed by atoms with Crippen LogP contribution in [-0.2, 0) is 16.0 Å². The van der Waals surface area contributed by atoms with Gasteiger partial charge in [0, 0.05) is 25.3 Å². The quantitative estimate of drug-likeness (QED) is 0.644. The molecular formula is C21H23FN2O4. The Morgan fingerprint density at radius 1 is 1.18 bits per heavy atom. The van der Waals surface area contributed by atoms with Crippen LogP contribution in [0.2, 0.25) is 0 Å². The SMILES string of the molecule is O=C(CCc1ccc(C(=O)O)cc1)Nc1ccc(NCC2CCCO2)c(F)c1. The van der Waals surface area contributed by atoms with E-state index in [9.17, 15) is 14.0 Å². The third-order valence-electron chi connectivity index (χ3n) is 4.64. The number of rotatable bonds is 8. The van der Waals surface area contributed by atoms with Crippen LogP contribution in [0.4, 0.5) is 15.8 Å². The molecule has 148 valence electrons. The Kier molecular flexibility index (Phi) is 6.60. The largest absolute Gasteiger partial charge is 0.478 e. The molecule has 0 radical (unpaired) electrons. The molecule has 0 aromatic heterocycles. The molecule has 1 atom stereocenters. The standard InChI is InChI=1S/C21H23FN2O4/c22-18-12-16(8-9-19(18)23-13-17-2-1-11-28-17)24-20(25)10-5-14-3-6-15(7-4-14)21(26)27/h3-4,6-9,12,17,23H,1-2,5,10-11,13H2,(H,24,25)(H,26,27). The molecule has 1 saturated heterocycles. The highest BCUT2D eigenvalue weighted by Gasteiger charge is 2.16. The molecule has 0 saturated carbocycles. The van der Waals surface area contributed by atoms with E-state index >= 15 is 0 Å². The van der Waals surface area contributed by atoms with Crippen LogP contribution in [0.5, 0.6) is 0 Å². The van der Waals surface area contributed by atoms with Crippen molar-refractivity contribution in [1.82, 2.24) is 0 Å². The summed E-state index contributed by atoms with van der Waals surface area (Å²) in [6, 6.07) is 10.9. The normalized spacial score (nSPS) is 16.0. The zero-order valence-corrected chi connectivity index (χ0v) is 15.4. The van der Waals surface area contributed by atoms with Crippen LogP contribution < -0.4 is 10.6 Å². The van der Waals surface area contributed by atoms with E-state index in [0.717, 1.165) is 25.0 Å². The van der Waals surface area contributed by atoms with Crippen LogP contribution >= 0.6 is 0 Å². The summed E-state index contributed by atoms with van der Waals surface area (Å²) in [6.07, 6.45) is 2.80. The second-order valence-corrected chi connectivity index (χ2v) is 6.76. The smallest absolute Gasteiger partial charge is 0.335 e. The van der Waals surface area contributed by atoms with Gasteiger partial charge in [-0.3, -0.25) is 4.79 Å². The van der Waals surface area contributed by atoms with Crippen molar-refractivity contribution in [3.05, 3.63) is 59.4 Å². The first-order valence-corrected chi connectivity index (χ1v) is 9.28. The summed E-state index contributed by atoms with van der Waals surface area (Å²) in [4.78, 5) is 22.9. The minimum atomic E-state index is -0.986. The van der Waals surface area contributed by atoms with E-state index < -0.39 is 11.8 Å². The molecule has 2 aromatic rings. The molecule has 0 spiro atoms. The van der Waals surface area contributed by atoms with Crippen molar-refractivity contribution in [2.24, 2.45) is 0 Å². The number of hydrogen-bond acceptors (Lipinski definition) is 4. The van der Waals surface area contributed by atoms with Crippen molar-refractivity contribution in [2.75, 3.05) is 23.8 Å². The van der Waals surface area contributed by atoms with Gasteiger partial charge in [0.1, 0.15) is 5.82 Å². The lowest BCUT2D eigenvalue weighted by atomic mass is 10.1. The van der Waals surface area contributed by atoms with Crippen LogP contribution in [0.3, 0.4) is 0 Å². The van der Waals surface area contributed by atoms with Gasteiger partial charge in [0.15, 0.2) is 0 Å². The van der Waals surface area contributed by atoms with Gasteiger partial charge < -0.3 is 20.5 Å². The molecule has 3 N–H and O–H groups in total. The average molecular weight is 386 g/mol. The maximum Gasteiger partial charge on any atom is 0.335 e. The Bertz CT molecular complexity index is 833. The number of nitrogens with one attached hydrogen (secondary N) is 2. The lowest BCUT2D eigenvalue weighted by Gasteiger charge is -2.13.